The van der Waals surface area contributed by atoms with Gasteiger partial charge in [-0.25, -0.2) is 9.97 Å². The Balaban J connectivity index is 1.19. The van der Waals surface area contributed by atoms with Gasteiger partial charge in [0.25, 0.3) is 0 Å². The molecule has 48 heavy (non-hydrogen) atoms. The number of furan rings is 1. The van der Waals surface area contributed by atoms with Crippen molar-refractivity contribution in [2.75, 3.05) is 0 Å². The molecule has 11 rings (SSSR count). The van der Waals surface area contributed by atoms with E-state index in [1.807, 2.05) is 36.4 Å². The summed E-state index contributed by atoms with van der Waals surface area (Å²) in [5, 5.41) is 8.35. The summed E-state index contributed by atoms with van der Waals surface area (Å²) in [4.78, 5) is 10.4. The molecule has 0 amide bonds. The molecule has 0 atom stereocenters. The molecule has 4 aromatic heterocycles. The van der Waals surface area contributed by atoms with Crippen molar-refractivity contribution < 1.29 is 4.42 Å². The van der Waals surface area contributed by atoms with Crippen LogP contribution in [-0.2, 0) is 0 Å². The van der Waals surface area contributed by atoms with Gasteiger partial charge in [-0.15, -0.1) is 0 Å². The molecule has 0 saturated carbocycles. The van der Waals surface area contributed by atoms with Gasteiger partial charge in [0.2, 0.25) is 0 Å². The second kappa shape index (κ2) is 9.50. The zero-order valence-electron chi connectivity index (χ0n) is 25.7. The summed E-state index contributed by atoms with van der Waals surface area (Å²) in [7, 11) is 0. The molecule has 7 aromatic carbocycles. The first kappa shape index (κ1) is 25.6. The van der Waals surface area contributed by atoms with E-state index in [0.717, 1.165) is 38.7 Å². The van der Waals surface area contributed by atoms with Crippen LogP contribution in [0.4, 0.5) is 0 Å². The van der Waals surface area contributed by atoms with Gasteiger partial charge < -0.3 is 8.82 Å². The van der Waals surface area contributed by atoms with Crippen molar-refractivity contribution in [1.82, 2.24) is 14.4 Å². The van der Waals surface area contributed by atoms with Crippen LogP contribution in [0, 0.1) is 0 Å². The zero-order chi connectivity index (χ0) is 31.3. The standard InChI is InChI=1S/C44H25N3O/c1-2-12-26(13-3-1)40-43-41(34-18-8-11-21-39(34)48-43)46-44(45-40)33-23-22-28(29-14-4-5-15-30(29)33)27-24-35-31-16-6-9-19-37(31)47-38-20-10-7-17-32(38)36(25-27)42(35)47/h1-25H. The van der Waals surface area contributed by atoms with Gasteiger partial charge >= 0.3 is 0 Å². The molecule has 222 valence electrons. The highest BCUT2D eigenvalue weighted by Gasteiger charge is 2.22. The van der Waals surface area contributed by atoms with E-state index in [1.165, 1.54) is 54.6 Å². The number of hydrogen-bond acceptors (Lipinski definition) is 3. The fourth-order valence-corrected chi connectivity index (χ4v) is 7.85. The topological polar surface area (TPSA) is 43.3 Å². The Bertz CT molecular complexity index is 2980. The summed E-state index contributed by atoms with van der Waals surface area (Å²) in [6, 6.07) is 53.7. The first-order chi connectivity index (χ1) is 23.8. The third kappa shape index (κ3) is 3.43. The first-order valence-corrected chi connectivity index (χ1v) is 16.3. The molecule has 11 aromatic rings. The minimum Gasteiger partial charge on any atom is -0.452 e. The lowest BCUT2D eigenvalue weighted by atomic mass is 9.92. The van der Waals surface area contributed by atoms with E-state index in [4.69, 9.17) is 14.4 Å². The van der Waals surface area contributed by atoms with Crippen molar-refractivity contribution in [2.45, 2.75) is 0 Å². The van der Waals surface area contributed by atoms with Crippen molar-refractivity contribution in [3.05, 3.63) is 152 Å². The van der Waals surface area contributed by atoms with Crippen molar-refractivity contribution >= 4 is 70.9 Å². The van der Waals surface area contributed by atoms with E-state index in [1.54, 1.807) is 0 Å². The van der Waals surface area contributed by atoms with Crippen LogP contribution in [0.5, 0.6) is 0 Å². The molecule has 0 N–H and O–H groups in total. The first-order valence-electron chi connectivity index (χ1n) is 16.3. The van der Waals surface area contributed by atoms with Crippen LogP contribution >= 0.6 is 0 Å². The second-order valence-corrected chi connectivity index (χ2v) is 12.5. The Hall–Kier alpha value is -6.52. The number of benzene rings is 7. The third-order valence-electron chi connectivity index (χ3n) is 9.95. The average Bonchev–Trinajstić information content (AvgIpc) is 3.81. The lowest BCUT2D eigenvalue weighted by Crippen LogP contribution is -1.95. The Morgan fingerprint density at radius 1 is 0.438 bits per heavy atom. The highest BCUT2D eigenvalue weighted by Crippen LogP contribution is 2.44. The molecule has 0 aliphatic carbocycles. The minimum absolute atomic E-state index is 0.682. The molecule has 0 aliphatic rings. The van der Waals surface area contributed by atoms with Crippen LogP contribution in [0.1, 0.15) is 0 Å². The Morgan fingerprint density at radius 2 is 1.00 bits per heavy atom. The predicted molar refractivity (Wildman–Crippen MR) is 198 cm³/mol. The van der Waals surface area contributed by atoms with E-state index in [2.05, 4.69) is 120 Å². The molecular weight excluding hydrogens is 587 g/mol. The van der Waals surface area contributed by atoms with E-state index in [-0.39, 0.29) is 0 Å². The Kier molecular flexibility index (Phi) is 5.08. The van der Waals surface area contributed by atoms with Crippen LogP contribution < -0.4 is 0 Å². The summed E-state index contributed by atoms with van der Waals surface area (Å²) in [6.07, 6.45) is 0. The monoisotopic (exact) mass is 611 g/mol. The van der Waals surface area contributed by atoms with Crippen molar-refractivity contribution in [1.29, 1.82) is 0 Å². The van der Waals surface area contributed by atoms with E-state index < -0.39 is 0 Å². The molecule has 0 bridgehead atoms. The molecule has 0 spiro atoms. The number of rotatable bonds is 3. The van der Waals surface area contributed by atoms with Gasteiger partial charge in [0.1, 0.15) is 16.8 Å². The van der Waals surface area contributed by atoms with E-state index in [0.29, 0.717) is 11.4 Å². The summed E-state index contributed by atoms with van der Waals surface area (Å²) in [6.45, 7) is 0. The van der Waals surface area contributed by atoms with Crippen LogP contribution in [0.15, 0.2) is 156 Å². The summed E-state index contributed by atoms with van der Waals surface area (Å²) in [5.74, 6) is 0.682. The summed E-state index contributed by atoms with van der Waals surface area (Å²) >= 11 is 0. The highest BCUT2D eigenvalue weighted by atomic mass is 16.3. The number of fused-ring (bicyclic) bond motifs is 10. The number of para-hydroxylation sites is 3. The molecule has 0 saturated heterocycles. The smallest absolute Gasteiger partial charge is 0.180 e. The van der Waals surface area contributed by atoms with Gasteiger partial charge in [-0.1, -0.05) is 109 Å². The molecule has 0 unspecified atom stereocenters. The Morgan fingerprint density at radius 3 is 1.71 bits per heavy atom. The largest absolute Gasteiger partial charge is 0.452 e. The zero-order valence-corrected chi connectivity index (χ0v) is 25.7. The molecule has 4 heteroatoms. The van der Waals surface area contributed by atoms with Crippen LogP contribution in [0.3, 0.4) is 0 Å². The molecule has 0 fully saturated rings. The fraction of sp³-hybridized carbons (Fsp3) is 0. The van der Waals surface area contributed by atoms with Gasteiger partial charge in [-0.3, -0.25) is 0 Å². The normalized spacial score (nSPS) is 12.2. The van der Waals surface area contributed by atoms with Gasteiger partial charge in [0.05, 0.1) is 16.6 Å². The van der Waals surface area contributed by atoms with Crippen molar-refractivity contribution in [3.63, 3.8) is 0 Å². The number of hydrogen-bond donors (Lipinski definition) is 0. The fourth-order valence-electron chi connectivity index (χ4n) is 7.85. The van der Waals surface area contributed by atoms with E-state index >= 15 is 0 Å². The lowest BCUT2D eigenvalue weighted by molar-refractivity contribution is 0.667. The molecular formula is C44H25N3O. The SMILES string of the molecule is c1ccc(-c2nc(-c3ccc(-c4cc5c6ccccc6n6c7ccccc7c(c4)c56)c4ccccc34)nc3c2oc2ccccc23)cc1. The van der Waals surface area contributed by atoms with Gasteiger partial charge in [-0.05, 0) is 64.4 Å². The number of aromatic nitrogens is 3. The lowest BCUT2D eigenvalue weighted by Gasteiger charge is -2.13. The van der Waals surface area contributed by atoms with Crippen molar-refractivity contribution in [2.24, 2.45) is 0 Å². The van der Waals surface area contributed by atoms with Crippen molar-refractivity contribution in [3.8, 4) is 33.8 Å². The predicted octanol–water partition coefficient (Wildman–Crippen LogP) is 11.7. The number of nitrogens with zero attached hydrogens (tertiary/aromatic N) is 3. The minimum atomic E-state index is 0.682. The maximum absolute atomic E-state index is 6.38. The van der Waals surface area contributed by atoms with Gasteiger partial charge in [0.15, 0.2) is 11.4 Å². The van der Waals surface area contributed by atoms with Crippen LogP contribution in [0.25, 0.3) is 105 Å². The van der Waals surface area contributed by atoms with E-state index in [9.17, 15) is 0 Å². The maximum atomic E-state index is 6.38. The van der Waals surface area contributed by atoms with Crippen LogP contribution in [-0.4, -0.2) is 14.4 Å². The quantitative estimate of drug-likeness (QED) is 0.200. The molecule has 0 radical (unpaired) electrons. The molecule has 4 heterocycles. The maximum Gasteiger partial charge on any atom is 0.180 e. The van der Waals surface area contributed by atoms with Gasteiger partial charge in [-0.2, -0.15) is 0 Å². The molecule has 4 nitrogen and oxygen atoms in total. The third-order valence-corrected chi connectivity index (χ3v) is 9.95. The van der Waals surface area contributed by atoms with Crippen LogP contribution in [0.2, 0.25) is 0 Å². The summed E-state index contributed by atoms with van der Waals surface area (Å²) < 4.78 is 8.80. The highest BCUT2D eigenvalue weighted by molar-refractivity contribution is 6.25. The second-order valence-electron chi connectivity index (χ2n) is 12.5. The molecule has 0 aliphatic heterocycles. The Labute approximate surface area is 274 Å². The summed E-state index contributed by atoms with van der Waals surface area (Å²) in [5.41, 5.74) is 11.3. The average molecular weight is 612 g/mol. The van der Waals surface area contributed by atoms with Gasteiger partial charge in [0, 0.05) is 38.1 Å².